The Kier molecular flexibility index (Phi) is 2.08. The summed E-state index contributed by atoms with van der Waals surface area (Å²) >= 11 is 0. The van der Waals surface area contributed by atoms with Crippen molar-refractivity contribution < 1.29 is 5.11 Å². The molecule has 92 valence electrons. The minimum absolute atomic E-state index is 0.0581. The van der Waals surface area contributed by atoms with Crippen molar-refractivity contribution in [2.45, 2.75) is 45.6 Å². The average Bonchev–Trinajstić information content (AvgIpc) is 2.65. The first-order valence-corrected chi connectivity index (χ1v) is 6.65. The fourth-order valence-corrected chi connectivity index (χ4v) is 4.49. The zero-order valence-corrected chi connectivity index (χ0v) is 11.0. The number of benzene rings is 1. The Balaban J connectivity index is 2.03. The van der Waals surface area contributed by atoms with Gasteiger partial charge in [0.25, 0.3) is 0 Å². The van der Waals surface area contributed by atoms with Gasteiger partial charge < -0.3 is 5.11 Å². The Morgan fingerprint density at radius 3 is 2.18 bits per heavy atom. The number of hydrogen-bond donors (Lipinski definition) is 1. The Morgan fingerprint density at radius 2 is 1.71 bits per heavy atom. The van der Waals surface area contributed by atoms with Crippen molar-refractivity contribution in [3.8, 4) is 0 Å². The normalized spacial score (nSPS) is 42.9. The van der Waals surface area contributed by atoms with Crippen LogP contribution in [0, 0.1) is 16.7 Å². The lowest BCUT2D eigenvalue weighted by Gasteiger charge is -2.46. The molecule has 1 nitrogen and oxygen atoms in total. The Bertz CT molecular complexity index is 436. The van der Waals surface area contributed by atoms with Crippen LogP contribution in [0.25, 0.3) is 0 Å². The molecule has 1 aromatic rings. The molecule has 1 aromatic carbocycles. The van der Waals surface area contributed by atoms with Crippen molar-refractivity contribution >= 4 is 0 Å². The van der Waals surface area contributed by atoms with Gasteiger partial charge in [-0.3, -0.25) is 0 Å². The number of fused-ring (bicyclic) bond motifs is 2. The van der Waals surface area contributed by atoms with E-state index in [1.807, 2.05) is 18.2 Å². The first-order valence-electron chi connectivity index (χ1n) is 6.65. The van der Waals surface area contributed by atoms with Crippen LogP contribution in [0.15, 0.2) is 30.3 Å². The van der Waals surface area contributed by atoms with Crippen LogP contribution in [-0.4, -0.2) is 5.11 Å². The van der Waals surface area contributed by atoms with E-state index in [0.717, 1.165) is 18.4 Å². The van der Waals surface area contributed by atoms with Crippen LogP contribution >= 0.6 is 0 Å². The van der Waals surface area contributed by atoms with Crippen LogP contribution in [0.2, 0.25) is 0 Å². The first kappa shape index (κ1) is 11.3. The highest BCUT2D eigenvalue weighted by molar-refractivity contribution is 5.30. The van der Waals surface area contributed by atoms with E-state index < -0.39 is 5.60 Å². The summed E-state index contributed by atoms with van der Waals surface area (Å²) in [4.78, 5) is 0. The minimum Gasteiger partial charge on any atom is -0.385 e. The third-order valence-corrected chi connectivity index (χ3v) is 5.44. The maximum absolute atomic E-state index is 11.1. The quantitative estimate of drug-likeness (QED) is 0.779. The molecule has 0 radical (unpaired) electrons. The second-order valence-corrected chi connectivity index (χ2v) is 7.06. The van der Waals surface area contributed by atoms with E-state index in [-0.39, 0.29) is 5.41 Å². The van der Waals surface area contributed by atoms with Crippen LogP contribution in [0.3, 0.4) is 0 Å². The summed E-state index contributed by atoms with van der Waals surface area (Å²) in [6.07, 6.45) is 3.24. The zero-order valence-electron chi connectivity index (χ0n) is 11.0. The van der Waals surface area contributed by atoms with Gasteiger partial charge in [0.2, 0.25) is 0 Å². The summed E-state index contributed by atoms with van der Waals surface area (Å²) in [7, 11) is 0. The molecule has 2 aliphatic carbocycles. The molecule has 17 heavy (non-hydrogen) atoms. The molecule has 0 aromatic heterocycles. The monoisotopic (exact) mass is 230 g/mol. The van der Waals surface area contributed by atoms with E-state index in [2.05, 4.69) is 32.9 Å². The van der Waals surface area contributed by atoms with Crippen molar-refractivity contribution in [1.82, 2.24) is 0 Å². The second kappa shape index (κ2) is 3.14. The van der Waals surface area contributed by atoms with Crippen LogP contribution in [0.4, 0.5) is 0 Å². The lowest BCUT2D eigenvalue weighted by atomic mass is 9.63. The summed E-state index contributed by atoms with van der Waals surface area (Å²) < 4.78 is 0. The van der Waals surface area contributed by atoms with Crippen LogP contribution in [0.1, 0.15) is 45.6 Å². The topological polar surface area (TPSA) is 20.2 Å². The molecule has 0 heterocycles. The van der Waals surface area contributed by atoms with Gasteiger partial charge in [0, 0.05) is 5.41 Å². The SMILES string of the molecule is CC1(C)C[C@]2(C)C[C@H]1C[C@]2(O)c1ccccc1. The van der Waals surface area contributed by atoms with Crippen molar-refractivity contribution in [1.29, 1.82) is 0 Å². The highest BCUT2D eigenvalue weighted by atomic mass is 16.3. The molecule has 2 bridgehead atoms. The van der Waals surface area contributed by atoms with Gasteiger partial charge in [-0.05, 0) is 36.2 Å². The van der Waals surface area contributed by atoms with Gasteiger partial charge in [0.1, 0.15) is 0 Å². The molecule has 0 spiro atoms. The minimum atomic E-state index is -0.603. The van der Waals surface area contributed by atoms with Crippen molar-refractivity contribution in [2.75, 3.05) is 0 Å². The van der Waals surface area contributed by atoms with Gasteiger partial charge in [0.05, 0.1) is 5.60 Å². The highest BCUT2D eigenvalue weighted by Crippen LogP contribution is 2.69. The Labute approximate surface area is 104 Å². The van der Waals surface area contributed by atoms with Crippen molar-refractivity contribution in [3.63, 3.8) is 0 Å². The molecule has 0 unspecified atom stereocenters. The van der Waals surface area contributed by atoms with Gasteiger partial charge in [-0.25, -0.2) is 0 Å². The molecule has 3 atom stereocenters. The summed E-state index contributed by atoms with van der Waals surface area (Å²) in [6.45, 7) is 6.98. The lowest BCUT2D eigenvalue weighted by Crippen LogP contribution is -2.43. The lowest BCUT2D eigenvalue weighted by molar-refractivity contribution is -0.0926. The predicted octanol–water partition coefficient (Wildman–Crippen LogP) is 3.72. The van der Waals surface area contributed by atoms with Gasteiger partial charge in [-0.2, -0.15) is 0 Å². The molecule has 0 amide bonds. The van der Waals surface area contributed by atoms with E-state index in [1.54, 1.807) is 0 Å². The smallest absolute Gasteiger partial charge is 0.0952 e. The second-order valence-electron chi connectivity index (χ2n) is 7.06. The maximum atomic E-state index is 11.1. The van der Waals surface area contributed by atoms with E-state index in [0.29, 0.717) is 11.3 Å². The summed E-state index contributed by atoms with van der Waals surface area (Å²) in [5, 5.41) is 11.1. The Hall–Kier alpha value is -0.820. The summed E-state index contributed by atoms with van der Waals surface area (Å²) in [5.41, 5.74) is 0.965. The van der Waals surface area contributed by atoms with E-state index in [1.165, 1.54) is 6.42 Å². The molecule has 3 rings (SSSR count). The fourth-order valence-electron chi connectivity index (χ4n) is 4.49. The maximum Gasteiger partial charge on any atom is 0.0952 e. The molecule has 2 fully saturated rings. The largest absolute Gasteiger partial charge is 0.385 e. The standard InChI is InChI=1S/C16H22O/c1-14(2)11-15(3)9-13(14)10-16(15,17)12-7-5-4-6-8-12/h4-8,13,17H,9-11H2,1-3H3/t13-,15-,16-/m0/s1. The van der Waals surface area contributed by atoms with Crippen molar-refractivity contribution in [2.24, 2.45) is 16.7 Å². The molecule has 0 saturated heterocycles. The highest BCUT2D eigenvalue weighted by Gasteiger charge is 2.64. The molecular weight excluding hydrogens is 208 g/mol. The van der Waals surface area contributed by atoms with E-state index in [9.17, 15) is 5.11 Å². The van der Waals surface area contributed by atoms with E-state index in [4.69, 9.17) is 0 Å². The molecule has 1 N–H and O–H groups in total. The summed E-state index contributed by atoms with van der Waals surface area (Å²) in [5.74, 6) is 0.665. The van der Waals surface area contributed by atoms with Gasteiger partial charge in [0.15, 0.2) is 0 Å². The molecule has 1 heteroatoms. The zero-order chi connectivity index (χ0) is 12.3. The third kappa shape index (κ3) is 1.35. The Morgan fingerprint density at radius 1 is 1.06 bits per heavy atom. The number of rotatable bonds is 1. The molecule has 2 aliphatic rings. The molecule has 0 aliphatic heterocycles. The van der Waals surface area contributed by atoms with Gasteiger partial charge in [-0.1, -0.05) is 51.1 Å². The first-order chi connectivity index (χ1) is 7.87. The van der Waals surface area contributed by atoms with Gasteiger partial charge in [-0.15, -0.1) is 0 Å². The van der Waals surface area contributed by atoms with Crippen LogP contribution < -0.4 is 0 Å². The molecular formula is C16H22O. The molecule has 2 saturated carbocycles. The third-order valence-electron chi connectivity index (χ3n) is 5.44. The summed E-state index contributed by atoms with van der Waals surface area (Å²) in [6, 6.07) is 10.3. The number of aliphatic hydroxyl groups is 1. The van der Waals surface area contributed by atoms with Gasteiger partial charge >= 0.3 is 0 Å². The average molecular weight is 230 g/mol. The van der Waals surface area contributed by atoms with Crippen LogP contribution in [0.5, 0.6) is 0 Å². The van der Waals surface area contributed by atoms with E-state index >= 15 is 0 Å². The van der Waals surface area contributed by atoms with Crippen molar-refractivity contribution in [3.05, 3.63) is 35.9 Å². The predicted molar refractivity (Wildman–Crippen MR) is 69.6 cm³/mol. The number of hydrogen-bond acceptors (Lipinski definition) is 1. The fraction of sp³-hybridized carbons (Fsp3) is 0.625. The van der Waals surface area contributed by atoms with Crippen LogP contribution in [-0.2, 0) is 5.60 Å².